The first-order valence-electron chi connectivity index (χ1n) is 6.28. The van der Waals surface area contributed by atoms with E-state index in [1.54, 1.807) is 0 Å². The summed E-state index contributed by atoms with van der Waals surface area (Å²) in [5.41, 5.74) is 1.94. The molecule has 0 saturated heterocycles. The number of nitrogens with one attached hydrogen (secondary N) is 1. The first-order chi connectivity index (χ1) is 8.24. The maximum atomic E-state index is 12.1. The van der Waals surface area contributed by atoms with Crippen molar-refractivity contribution in [3.8, 4) is 0 Å². The van der Waals surface area contributed by atoms with Gasteiger partial charge in [-0.3, -0.25) is 4.79 Å². The van der Waals surface area contributed by atoms with Crippen LogP contribution < -0.4 is 5.32 Å². The standard InChI is InChI=1S/C15H22BrNO/c1-10(2)15(4,5)9-17-14(18)12-7-6-11(3)8-13(12)16/h6-8,10H,9H2,1-5H3,(H,17,18). The quantitative estimate of drug-likeness (QED) is 0.888. The van der Waals surface area contributed by atoms with Gasteiger partial charge in [-0.05, 0) is 51.9 Å². The van der Waals surface area contributed by atoms with Crippen molar-refractivity contribution in [2.45, 2.75) is 34.6 Å². The molecule has 0 aromatic heterocycles. The van der Waals surface area contributed by atoms with Gasteiger partial charge < -0.3 is 5.32 Å². The molecule has 0 spiro atoms. The fraction of sp³-hybridized carbons (Fsp3) is 0.533. The molecule has 0 heterocycles. The van der Waals surface area contributed by atoms with Gasteiger partial charge in [0, 0.05) is 11.0 Å². The molecule has 0 aliphatic carbocycles. The summed E-state index contributed by atoms with van der Waals surface area (Å²) in [6.45, 7) is 11.4. The normalized spacial score (nSPS) is 11.7. The van der Waals surface area contributed by atoms with Crippen molar-refractivity contribution in [3.63, 3.8) is 0 Å². The molecule has 18 heavy (non-hydrogen) atoms. The van der Waals surface area contributed by atoms with Crippen LogP contribution in [-0.2, 0) is 0 Å². The molecular formula is C15H22BrNO. The lowest BCUT2D eigenvalue weighted by molar-refractivity contribution is 0.0924. The van der Waals surface area contributed by atoms with Gasteiger partial charge in [0.05, 0.1) is 5.56 Å². The average molecular weight is 312 g/mol. The van der Waals surface area contributed by atoms with Gasteiger partial charge in [0.25, 0.3) is 5.91 Å². The van der Waals surface area contributed by atoms with Crippen molar-refractivity contribution in [3.05, 3.63) is 33.8 Å². The molecule has 2 nitrogen and oxygen atoms in total. The Morgan fingerprint density at radius 2 is 2.00 bits per heavy atom. The van der Waals surface area contributed by atoms with Crippen molar-refractivity contribution < 1.29 is 4.79 Å². The maximum Gasteiger partial charge on any atom is 0.252 e. The predicted molar refractivity (Wildman–Crippen MR) is 79.8 cm³/mol. The third kappa shape index (κ3) is 3.84. The van der Waals surface area contributed by atoms with Crippen LogP contribution in [0.2, 0.25) is 0 Å². The van der Waals surface area contributed by atoms with E-state index >= 15 is 0 Å². The molecule has 3 heteroatoms. The zero-order valence-corrected chi connectivity index (χ0v) is 13.4. The molecule has 0 bridgehead atoms. The third-order valence-electron chi connectivity index (χ3n) is 3.64. The zero-order valence-electron chi connectivity index (χ0n) is 11.8. The van der Waals surface area contributed by atoms with Gasteiger partial charge in [-0.25, -0.2) is 0 Å². The summed E-state index contributed by atoms with van der Waals surface area (Å²) in [6.07, 6.45) is 0. The third-order valence-corrected chi connectivity index (χ3v) is 4.29. The van der Waals surface area contributed by atoms with Crippen LogP contribution in [0.1, 0.15) is 43.6 Å². The molecule has 0 aliphatic heterocycles. The van der Waals surface area contributed by atoms with E-state index in [4.69, 9.17) is 0 Å². The molecule has 1 aromatic rings. The second kappa shape index (κ2) is 5.87. The Hall–Kier alpha value is -0.830. The van der Waals surface area contributed by atoms with Gasteiger partial charge in [0.15, 0.2) is 0 Å². The molecule has 0 fully saturated rings. The van der Waals surface area contributed by atoms with E-state index in [-0.39, 0.29) is 11.3 Å². The molecule has 1 rings (SSSR count). The monoisotopic (exact) mass is 311 g/mol. The number of aryl methyl sites for hydroxylation is 1. The van der Waals surface area contributed by atoms with E-state index in [2.05, 4.69) is 48.9 Å². The molecule has 0 radical (unpaired) electrons. The summed E-state index contributed by atoms with van der Waals surface area (Å²) in [6, 6.07) is 5.77. The minimum absolute atomic E-state index is 0.0180. The van der Waals surface area contributed by atoms with E-state index in [1.165, 1.54) is 0 Å². The molecule has 1 amide bonds. The SMILES string of the molecule is Cc1ccc(C(=O)NCC(C)(C)C(C)C)c(Br)c1. The van der Waals surface area contributed by atoms with Crippen molar-refractivity contribution in [1.29, 1.82) is 0 Å². The number of hydrogen-bond acceptors (Lipinski definition) is 1. The highest BCUT2D eigenvalue weighted by Gasteiger charge is 2.23. The number of amides is 1. The predicted octanol–water partition coefficient (Wildman–Crippen LogP) is 4.17. The summed E-state index contributed by atoms with van der Waals surface area (Å²) in [5, 5.41) is 3.01. The molecule has 1 N–H and O–H groups in total. The molecule has 0 atom stereocenters. The summed E-state index contributed by atoms with van der Waals surface area (Å²) in [7, 11) is 0. The smallest absolute Gasteiger partial charge is 0.252 e. The molecule has 0 aliphatic rings. The number of carbonyl (C=O) groups is 1. The topological polar surface area (TPSA) is 29.1 Å². The Morgan fingerprint density at radius 3 is 2.50 bits per heavy atom. The highest BCUT2D eigenvalue weighted by Crippen LogP contribution is 2.25. The first-order valence-corrected chi connectivity index (χ1v) is 7.07. The van der Waals surface area contributed by atoms with Crippen LogP contribution >= 0.6 is 15.9 Å². The molecule has 0 saturated carbocycles. The van der Waals surface area contributed by atoms with E-state index in [0.717, 1.165) is 10.0 Å². The number of rotatable bonds is 4. The lowest BCUT2D eigenvalue weighted by atomic mass is 9.81. The van der Waals surface area contributed by atoms with E-state index < -0.39 is 0 Å². The van der Waals surface area contributed by atoms with Gasteiger partial charge in [-0.1, -0.05) is 33.8 Å². The number of carbonyl (C=O) groups excluding carboxylic acids is 1. The fourth-order valence-corrected chi connectivity index (χ4v) is 2.09. The summed E-state index contributed by atoms with van der Waals surface area (Å²) >= 11 is 3.44. The first kappa shape index (κ1) is 15.2. The van der Waals surface area contributed by atoms with E-state index in [9.17, 15) is 4.79 Å². The lowest BCUT2D eigenvalue weighted by Gasteiger charge is -2.29. The van der Waals surface area contributed by atoms with Crippen LogP contribution in [0.25, 0.3) is 0 Å². The zero-order chi connectivity index (χ0) is 13.9. The second-order valence-electron chi connectivity index (χ2n) is 5.81. The lowest BCUT2D eigenvalue weighted by Crippen LogP contribution is -2.37. The minimum Gasteiger partial charge on any atom is -0.351 e. The van der Waals surface area contributed by atoms with Crippen molar-refractivity contribution in [2.75, 3.05) is 6.54 Å². The van der Waals surface area contributed by atoms with Crippen LogP contribution in [0.3, 0.4) is 0 Å². The highest BCUT2D eigenvalue weighted by molar-refractivity contribution is 9.10. The Kier molecular flexibility index (Phi) is 4.97. The van der Waals surface area contributed by atoms with Crippen LogP contribution in [0.15, 0.2) is 22.7 Å². The summed E-state index contributed by atoms with van der Waals surface area (Å²) in [5.74, 6) is 0.509. The van der Waals surface area contributed by atoms with Gasteiger partial charge in [-0.2, -0.15) is 0 Å². The van der Waals surface area contributed by atoms with Crippen LogP contribution in [0, 0.1) is 18.3 Å². The van der Waals surface area contributed by atoms with E-state index in [0.29, 0.717) is 18.0 Å². The van der Waals surface area contributed by atoms with Crippen molar-refractivity contribution in [1.82, 2.24) is 5.32 Å². The number of benzene rings is 1. The largest absolute Gasteiger partial charge is 0.351 e. The van der Waals surface area contributed by atoms with Crippen molar-refractivity contribution >= 4 is 21.8 Å². The van der Waals surface area contributed by atoms with Gasteiger partial charge in [0.1, 0.15) is 0 Å². The Bertz CT molecular complexity index is 438. The molecule has 0 unspecified atom stereocenters. The van der Waals surface area contributed by atoms with Gasteiger partial charge in [0.2, 0.25) is 0 Å². The van der Waals surface area contributed by atoms with Crippen molar-refractivity contribution in [2.24, 2.45) is 11.3 Å². The van der Waals surface area contributed by atoms with Crippen LogP contribution in [-0.4, -0.2) is 12.5 Å². The van der Waals surface area contributed by atoms with Crippen LogP contribution in [0.5, 0.6) is 0 Å². The Labute approximate surface area is 118 Å². The van der Waals surface area contributed by atoms with Gasteiger partial charge >= 0.3 is 0 Å². The summed E-state index contributed by atoms with van der Waals surface area (Å²) in [4.78, 5) is 12.1. The van der Waals surface area contributed by atoms with Gasteiger partial charge in [-0.15, -0.1) is 0 Å². The highest BCUT2D eigenvalue weighted by atomic mass is 79.9. The average Bonchev–Trinajstić information content (AvgIpc) is 2.25. The number of hydrogen-bond donors (Lipinski definition) is 1. The second-order valence-corrected chi connectivity index (χ2v) is 6.66. The summed E-state index contributed by atoms with van der Waals surface area (Å²) < 4.78 is 0.849. The Morgan fingerprint density at radius 1 is 1.39 bits per heavy atom. The van der Waals surface area contributed by atoms with E-state index in [1.807, 2.05) is 25.1 Å². The number of halogens is 1. The Balaban J connectivity index is 2.72. The maximum absolute atomic E-state index is 12.1. The molecule has 1 aromatic carbocycles. The molecule has 100 valence electrons. The molecular weight excluding hydrogens is 290 g/mol. The minimum atomic E-state index is -0.0180. The van der Waals surface area contributed by atoms with Crippen LogP contribution in [0.4, 0.5) is 0 Å². The fourth-order valence-electron chi connectivity index (χ4n) is 1.41.